The molecule has 0 aliphatic rings. The molecule has 0 bridgehead atoms. The van der Waals surface area contributed by atoms with Crippen molar-refractivity contribution in [3.05, 3.63) is 41.1 Å². The Balaban J connectivity index is 2.38. The van der Waals surface area contributed by atoms with Crippen molar-refractivity contribution in [1.82, 2.24) is 9.97 Å². The van der Waals surface area contributed by atoms with Gasteiger partial charge in [-0.1, -0.05) is 12.1 Å². The number of hydrogen-bond donors (Lipinski definition) is 3. The van der Waals surface area contributed by atoms with Crippen LogP contribution in [0.4, 0.5) is 30.6 Å². The van der Waals surface area contributed by atoms with Crippen LogP contribution in [0, 0.1) is 13.8 Å². The number of aromatic nitrogens is 2. The second kappa shape index (κ2) is 6.82. The van der Waals surface area contributed by atoms with Crippen LogP contribution in [0.15, 0.2) is 24.3 Å². The highest BCUT2D eigenvalue weighted by Crippen LogP contribution is 2.31. The molecule has 3 N–H and O–H groups in total. The minimum atomic E-state index is -4.59. The molecule has 8 heteroatoms. The lowest BCUT2D eigenvalue weighted by molar-refractivity contribution is -0.141. The number of aliphatic hydroxyl groups is 1. The zero-order chi connectivity index (χ0) is 17.0. The fourth-order valence-electron chi connectivity index (χ4n) is 1.91. The summed E-state index contributed by atoms with van der Waals surface area (Å²) in [6, 6.07) is 6.46. The number of nitrogens with zero attached hydrogens (tertiary/aromatic N) is 2. The molecule has 2 aromatic rings. The van der Waals surface area contributed by atoms with E-state index < -0.39 is 11.9 Å². The van der Waals surface area contributed by atoms with Crippen molar-refractivity contribution >= 4 is 17.5 Å². The molecule has 0 saturated carbocycles. The highest BCUT2D eigenvalue weighted by atomic mass is 19.4. The van der Waals surface area contributed by atoms with Crippen molar-refractivity contribution in [3.8, 4) is 0 Å². The minimum Gasteiger partial charge on any atom is -0.395 e. The molecule has 23 heavy (non-hydrogen) atoms. The summed E-state index contributed by atoms with van der Waals surface area (Å²) in [6.07, 6.45) is -4.59. The van der Waals surface area contributed by atoms with Crippen molar-refractivity contribution in [2.75, 3.05) is 23.8 Å². The Hall–Kier alpha value is -2.35. The first-order valence-corrected chi connectivity index (χ1v) is 6.95. The van der Waals surface area contributed by atoms with Gasteiger partial charge in [-0.05, 0) is 31.0 Å². The monoisotopic (exact) mass is 326 g/mol. The number of hydrogen-bond acceptors (Lipinski definition) is 5. The van der Waals surface area contributed by atoms with E-state index in [0.29, 0.717) is 5.69 Å². The summed E-state index contributed by atoms with van der Waals surface area (Å²) in [7, 11) is 0. The molecule has 1 aromatic heterocycles. The number of anilines is 3. The van der Waals surface area contributed by atoms with Gasteiger partial charge in [0, 0.05) is 18.3 Å². The molecule has 1 heterocycles. The van der Waals surface area contributed by atoms with Gasteiger partial charge in [-0.15, -0.1) is 0 Å². The summed E-state index contributed by atoms with van der Waals surface area (Å²) in [5, 5.41) is 14.2. The maximum atomic E-state index is 13.0. The van der Waals surface area contributed by atoms with Gasteiger partial charge in [0.1, 0.15) is 5.82 Å². The molecule has 0 fully saturated rings. The van der Waals surface area contributed by atoms with Gasteiger partial charge in [-0.3, -0.25) is 0 Å². The van der Waals surface area contributed by atoms with Crippen molar-refractivity contribution in [1.29, 1.82) is 0 Å². The summed E-state index contributed by atoms with van der Waals surface area (Å²) < 4.78 is 38.9. The largest absolute Gasteiger partial charge is 0.433 e. The van der Waals surface area contributed by atoms with Crippen LogP contribution in [0.25, 0.3) is 0 Å². The number of aryl methyl sites for hydroxylation is 2. The molecule has 0 amide bonds. The molecule has 0 aliphatic heterocycles. The van der Waals surface area contributed by atoms with Crippen LogP contribution in [0.5, 0.6) is 0 Å². The van der Waals surface area contributed by atoms with Gasteiger partial charge in [0.25, 0.3) is 0 Å². The second-order valence-corrected chi connectivity index (χ2v) is 5.05. The summed E-state index contributed by atoms with van der Waals surface area (Å²) in [5.41, 5.74) is 1.47. The molecular weight excluding hydrogens is 309 g/mol. The molecule has 0 atom stereocenters. The first-order chi connectivity index (χ1) is 10.8. The Morgan fingerprint density at radius 3 is 2.52 bits per heavy atom. The lowest BCUT2D eigenvalue weighted by Crippen LogP contribution is -2.15. The Morgan fingerprint density at radius 1 is 1.13 bits per heavy atom. The maximum Gasteiger partial charge on any atom is 0.433 e. The third-order valence-corrected chi connectivity index (χ3v) is 3.07. The number of benzene rings is 1. The Labute approximate surface area is 131 Å². The summed E-state index contributed by atoms with van der Waals surface area (Å²) in [6.45, 7) is 3.56. The van der Waals surface area contributed by atoms with Crippen LogP contribution in [-0.4, -0.2) is 28.2 Å². The fourth-order valence-corrected chi connectivity index (χ4v) is 1.91. The molecule has 5 nitrogen and oxygen atoms in total. The Bertz CT molecular complexity index is 689. The van der Waals surface area contributed by atoms with E-state index in [1.807, 2.05) is 32.0 Å². The van der Waals surface area contributed by atoms with Crippen molar-refractivity contribution < 1.29 is 18.3 Å². The summed E-state index contributed by atoms with van der Waals surface area (Å²) >= 11 is 0. The van der Waals surface area contributed by atoms with E-state index in [1.165, 1.54) is 0 Å². The molecule has 0 unspecified atom stereocenters. The average Bonchev–Trinajstić information content (AvgIpc) is 2.48. The van der Waals surface area contributed by atoms with Crippen molar-refractivity contribution in [2.45, 2.75) is 20.0 Å². The number of aliphatic hydroxyl groups excluding tert-OH is 1. The van der Waals surface area contributed by atoms with Crippen molar-refractivity contribution in [2.24, 2.45) is 0 Å². The van der Waals surface area contributed by atoms with Crippen LogP contribution in [0.2, 0.25) is 0 Å². The SMILES string of the molecule is Cc1ccc(C)c(Nc2cc(C(F)(F)F)nc(NCCO)n2)c1. The normalized spacial score (nSPS) is 11.4. The maximum absolute atomic E-state index is 13.0. The van der Waals surface area contributed by atoms with E-state index in [9.17, 15) is 13.2 Å². The zero-order valence-corrected chi connectivity index (χ0v) is 12.7. The van der Waals surface area contributed by atoms with Crippen LogP contribution >= 0.6 is 0 Å². The van der Waals surface area contributed by atoms with Crippen LogP contribution < -0.4 is 10.6 Å². The van der Waals surface area contributed by atoms with Crippen LogP contribution in [0.3, 0.4) is 0 Å². The van der Waals surface area contributed by atoms with Gasteiger partial charge in [0.05, 0.1) is 6.61 Å². The lowest BCUT2D eigenvalue weighted by atomic mass is 10.1. The fraction of sp³-hybridized carbons (Fsp3) is 0.333. The van der Waals surface area contributed by atoms with Gasteiger partial charge >= 0.3 is 6.18 Å². The van der Waals surface area contributed by atoms with Crippen LogP contribution in [-0.2, 0) is 6.18 Å². The topological polar surface area (TPSA) is 70.1 Å². The Morgan fingerprint density at radius 2 is 1.87 bits per heavy atom. The average molecular weight is 326 g/mol. The van der Waals surface area contributed by atoms with Gasteiger partial charge < -0.3 is 15.7 Å². The van der Waals surface area contributed by atoms with E-state index in [2.05, 4.69) is 20.6 Å². The van der Waals surface area contributed by atoms with E-state index in [-0.39, 0.29) is 24.9 Å². The number of nitrogens with one attached hydrogen (secondary N) is 2. The minimum absolute atomic E-state index is 0.0291. The highest BCUT2D eigenvalue weighted by molar-refractivity contribution is 5.62. The molecule has 2 rings (SSSR count). The third kappa shape index (κ3) is 4.56. The van der Waals surface area contributed by atoms with Gasteiger partial charge in [0.2, 0.25) is 5.95 Å². The molecule has 0 spiro atoms. The Kier molecular flexibility index (Phi) is 5.05. The lowest BCUT2D eigenvalue weighted by Gasteiger charge is -2.14. The van der Waals surface area contributed by atoms with Crippen molar-refractivity contribution in [3.63, 3.8) is 0 Å². The van der Waals surface area contributed by atoms with E-state index in [4.69, 9.17) is 5.11 Å². The first-order valence-electron chi connectivity index (χ1n) is 6.95. The molecular formula is C15H17F3N4O. The van der Waals surface area contributed by atoms with E-state index in [1.54, 1.807) is 0 Å². The number of alkyl halides is 3. The van der Waals surface area contributed by atoms with Gasteiger partial charge in [-0.2, -0.15) is 18.2 Å². The van der Waals surface area contributed by atoms with Gasteiger partial charge in [-0.25, -0.2) is 4.98 Å². The second-order valence-electron chi connectivity index (χ2n) is 5.05. The predicted octanol–water partition coefficient (Wildman–Crippen LogP) is 3.26. The first kappa shape index (κ1) is 17.0. The summed E-state index contributed by atoms with van der Waals surface area (Å²) in [5.74, 6) is -0.164. The quantitative estimate of drug-likeness (QED) is 0.787. The third-order valence-electron chi connectivity index (χ3n) is 3.07. The number of rotatable bonds is 5. The van der Waals surface area contributed by atoms with E-state index in [0.717, 1.165) is 17.2 Å². The molecule has 0 aliphatic carbocycles. The highest BCUT2D eigenvalue weighted by Gasteiger charge is 2.33. The predicted molar refractivity (Wildman–Crippen MR) is 81.8 cm³/mol. The van der Waals surface area contributed by atoms with Gasteiger partial charge in [0.15, 0.2) is 5.69 Å². The van der Waals surface area contributed by atoms with Crippen LogP contribution in [0.1, 0.15) is 16.8 Å². The molecule has 1 aromatic carbocycles. The molecule has 124 valence electrons. The molecule has 0 radical (unpaired) electrons. The van der Waals surface area contributed by atoms with E-state index >= 15 is 0 Å². The zero-order valence-electron chi connectivity index (χ0n) is 12.7. The molecule has 0 saturated heterocycles. The standard InChI is InChI=1S/C15H17F3N4O/c1-9-3-4-10(2)11(7-9)20-13-8-12(15(16,17)18)21-14(22-13)19-5-6-23/h3-4,7-8,23H,5-6H2,1-2H3,(H2,19,20,21,22). The smallest absolute Gasteiger partial charge is 0.395 e. The number of halogens is 3. The summed E-state index contributed by atoms with van der Waals surface area (Å²) in [4.78, 5) is 7.43.